The molecule has 0 aliphatic rings. The minimum Gasteiger partial charge on any atom is -0.339 e. The monoisotopic (exact) mass is 686 g/mol. The molecule has 266 valence electrons. The average molecular weight is 687 g/mol. The molecule has 52 heavy (non-hydrogen) atoms. The van der Waals surface area contributed by atoms with Crippen molar-refractivity contribution in [3.63, 3.8) is 0 Å². The van der Waals surface area contributed by atoms with Gasteiger partial charge in [-0.3, -0.25) is 0 Å². The number of nitrogens with zero attached hydrogens (tertiary/aromatic N) is 4. The van der Waals surface area contributed by atoms with Gasteiger partial charge in [0, 0.05) is 69.3 Å². The van der Waals surface area contributed by atoms with E-state index in [-0.39, 0.29) is 0 Å². The van der Waals surface area contributed by atoms with E-state index >= 15 is 0 Å². The van der Waals surface area contributed by atoms with Crippen LogP contribution >= 0.6 is 0 Å². The summed E-state index contributed by atoms with van der Waals surface area (Å²) in [5.74, 6) is 0. The van der Waals surface area contributed by atoms with Crippen molar-refractivity contribution in [2.75, 3.05) is 19.6 Å². The summed E-state index contributed by atoms with van der Waals surface area (Å²) < 4.78 is 0. The topological polar surface area (TPSA) is 13.0 Å². The van der Waals surface area contributed by atoms with Crippen molar-refractivity contribution in [3.05, 3.63) is 164 Å². The van der Waals surface area contributed by atoms with Crippen molar-refractivity contribution in [1.29, 1.82) is 0 Å². The molecule has 0 saturated heterocycles. The smallest absolute Gasteiger partial charge is 0.0463 e. The summed E-state index contributed by atoms with van der Waals surface area (Å²) in [5, 5.41) is 0. The Hall–Kier alpha value is -5.48. The molecule has 0 heterocycles. The summed E-state index contributed by atoms with van der Waals surface area (Å²) in [6, 6.07) is 60.4. The molecule has 3 unspecified atom stereocenters. The highest BCUT2D eigenvalue weighted by atomic mass is 15.2. The van der Waals surface area contributed by atoms with E-state index in [1.165, 1.54) is 34.1 Å². The Balaban J connectivity index is 1.41. The molecule has 0 aliphatic heterocycles. The second-order valence-electron chi connectivity index (χ2n) is 13.8. The summed E-state index contributed by atoms with van der Waals surface area (Å²) in [7, 11) is 0. The maximum atomic E-state index is 2.44. The number of hydrogen-bond donors (Lipinski definition) is 0. The fourth-order valence-electron chi connectivity index (χ4n) is 7.02. The number of benzene rings is 6. The molecule has 4 nitrogen and oxygen atoms in total. The largest absolute Gasteiger partial charge is 0.339 e. The van der Waals surface area contributed by atoms with E-state index in [9.17, 15) is 0 Å². The van der Waals surface area contributed by atoms with Crippen LogP contribution in [0.1, 0.15) is 60.8 Å². The predicted molar refractivity (Wildman–Crippen MR) is 226 cm³/mol. The van der Waals surface area contributed by atoms with Gasteiger partial charge in [-0.2, -0.15) is 0 Å². The lowest BCUT2D eigenvalue weighted by Crippen LogP contribution is -2.28. The maximum absolute atomic E-state index is 2.44. The van der Waals surface area contributed by atoms with Crippen LogP contribution in [0.4, 0.5) is 51.2 Å². The number of hydrogen-bond acceptors (Lipinski definition) is 4. The molecule has 0 spiro atoms. The minimum absolute atomic E-state index is 0.362. The molecule has 6 aromatic carbocycles. The third-order valence-corrected chi connectivity index (χ3v) is 10.4. The SMILES string of the molecule is CCC(C)N(c1ccccc1)c1ccc(N(c2ccc(N(c3ccccc3)C(C)CC)cc2)c2ccc(N(c3ccccc3)C(C)CC)cc2)cc1. The van der Waals surface area contributed by atoms with Gasteiger partial charge >= 0.3 is 0 Å². The van der Waals surface area contributed by atoms with Crippen LogP contribution in [0.3, 0.4) is 0 Å². The Morgan fingerprint density at radius 1 is 0.288 bits per heavy atom. The molecule has 6 aromatic rings. The summed E-state index contributed by atoms with van der Waals surface area (Å²) >= 11 is 0. The zero-order valence-corrected chi connectivity index (χ0v) is 31.7. The molecule has 0 radical (unpaired) electrons. The highest BCUT2D eigenvalue weighted by molar-refractivity contribution is 5.81. The van der Waals surface area contributed by atoms with Crippen LogP contribution in [0.25, 0.3) is 0 Å². The van der Waals surface area contributed by atoms with Crippen LogP contribution in [0.15, 0.2) is 164 Å². The summed E-state index contributed by atoms with van der Waals surface area (Å²) in [6.07, 6.45) is 3.15. The van der Waals surface area contributed by atoms with Crippen molar-refractivity contribution in [3.8, 4) is 0 Å². The van der Waals surface area contributed by atoms with E-state index in [0.29, 0.717) is 18.1 Å². The first-order valence-electron chi connectivity index (χ1n) is 19.1. The third-order valence-electron chi connectivity index (χ3n) is 10.4. The lowest BCUT2D eigenvalue weighted by Gasteiger charge is -2.33. The van der Waals surface area contributed by atoms with Crippen molar-refractivity contribution >= 4 is 51.2 Å². The molecular weight excluding hydrogens is 633 g/mol. The van der Waals surface area contributed by atoms with Crippen LogP contribution in [-0.2, 0) is 0 Å². The molecule has 0 bridgehead atoms. The average Bonchev–Trinajstić information content (AvgIpc) is 3.21. The minimum atomic E-state index is 0.362. The first-order valence-corrected chi connectivity index (χ1v) is 19.1. The van der Waals surface area contributed by atoms with Gasteiger partial charge in [-0.25, -0.2) is 0 Å². The van der Waals surface area contributed by atoms with Gasteiger partial charge in [0.05, 0.1) is 0 Å². The quantitative estimate of drug-likeness (QED) is 0.107. The van der Waals surface area contributed by atoms with E-state index in [1.807, 2.05) is 0 Å². The molecule has 0 aliphatic carbocycles. The fourth-order valence-corrected chi connectivity index (χ4v) is 7.02. The second kappa shape index (κ2) is 17.2. The third kappa shape index (κ3) is 8.02. The molecule has 6 rings (SSSR count). The van der Waals surface area contributed by atoms with Gasteiger partial charge in [-0.1, -0.05) is 75.4 Å². The summed E-state index contributed by atoms with van der Waals surface area (Å²) in [6.45, 7) is 13.7. The molecule has 4 heteroatoms. The van der Waals surface area contributed by atoms with E-state index in [2.05, 4.69) is 225 Å². The number of rotatable bonds is 15. The van der Waals surface area contributed by atoms with Crippen LogP contribution in [-0.4, -0.2) is 18.1 Å². The van der Waals surface area contributed by atoms with Gasteiger partial charge in [0.15, 0.2) is 0 Å². The molecule has 3 atom stereocenters. The van der Waals surface area contributed by atoms with Crippen molar-refractivity contribution in [1.82, 2.24) is 0 Å². The van der Waals surface area contributed by atoms with Gasteiger partial charge < -0.3 is 19.6 Å². The maximum Gasteiger partial charge on any atom is 0.0463 e. The van der Waals surface area contributed by atoms with Crippen molar-refractivity contribution in [2.45, 2.75) is 78.9 Å². The highest BCUT2D eigenvalue weighted by Gasteiger charge is 2.21. The molecule has 0 saturated carbocycles. The van der Waals surface area contributed by atoms with Gasteiger partial charge in [-0.15, -0.1) is 0 Å². The van der Waals surface area contributed by atoms with E-state index in [1.54, 1.807) is 0 Å². The summed E-state index contributed by atoms with van der Waals surface area (Å²) in [4.78, 5) is 9.70. The lowest BCUT2D eigenvalue weighted by atomic mass is 10.1. The second-order valence-corrected chi connectivity index (χ2v) is 13.8. The first kappa shape index (κ1) is 36.3. The van der Waals surface area contributed by atoms with Gasteiger partial charge in [0.2, 0.25) is 0 Å². The van der Waals surface area contributed by atoms with Gasteiger partial charge in [0.25, 0.3) is 0 Å². The number of anilines is 9. The fraction of sp³-hybridized carbons (Fsp3) is 0.250. The Bertz CT molecular complexity index is 1690. The van der Waals surface area contributed by atoms with E-state index < -0.39 is 0 Å². The summed E-state index contributed by atoms with van der Waals surface area (Å²) in [5.41, 5.74) is 10.5. The molecule has 0 N–H and O–H groups in total. The van der Waals surface area contributed by atoms with Crippen LogP contribution in [0.2, 0.25) is 0 Å². The Kier molecular flexibility index (Phi) is 12.0. The van der Waals surface area contributed by atoms with Crippen molar-refractivity contribution < 1.29 is 0 Å². The van der Waals surface area contributed by atoms with Gasteiger partial charge in [0.1, 0.15) is 0 Å². The van der Waals surface area contributed by atoms with Crippen molar-refractivity contribution in [2.24, 2.45) is 0 Å². The van der Waals surface area contributed by atoms with Crippen LogP contribution < -0.4 is 19.6 Å². The highest BCUT2D eigenvalue weighted by Crippen LogP contribution is 2.40. The van der Waals surface area contributed by atoms with Gasteiger partial charge in [-0.05, 0) is 149 Å². The standard InChI is InChI=1S/C48H54N4/c1-7-37(4)49(40-19-13-10-14-20-40)43-25-31-46(32-26-43)52(47-33-27-44(28-34-47)50(38(5)8-2)41-21-15-11-16-22-41)48-35-29-45(30-36-48)51(39(6)9-3)42-23-17-12-18-24-42/h10-39H,7-9H2,1-6H3. The zero-order chi connectivity index (χ0) is 36.5. The Labute approximate surface area is 312 Å². The molecule has 0 fully saturated rings. The predicted octanol–water partition coefficient (Wildman–Crippen LogP) is 14.0. The molecule has 0 amide bonds. The normalized spacial score (nSPS) is 12.8. The molecule has 0 aromatic heterocycles. The van der Waals surface area contributed by atoms with E-state index in [4.69, 9.17) is 0 Å². The zero-order valence-electron chi connectivity index (χ0n) is 31.7. The van der Waals surface area contributed by atoms with Crippen LogP contribution in [0.5, 0.6) is 0 Å². The van der Waals surface area contributed by atoms with E-state index in [0.717, 1.165) is 36.3 Å². The number of para-hydroxylation sites is 3. The Morgan fingerprint density at radius 3 is 0.692 bits per heavy atom. The lowest BCUT2D eigenvalue weighted by molar-refractivity contribution is 0.688. The van der Waals surface area contributed by atoms with Crippen LogP contribution in [0, 0.1) is 0 Å². The first-order chi connectivity index (χ1) is 25.4. The Morgan fingerprint density at radius 2 is 0.481 bits per heavy atom. The molecular formula is C48H54N4.